The van der Waals surface area contributed by atoms with Crippen LogP contribution in [-0.2, 0) is 0 Å². The molecule has 2 aromatic carbocycles. The molecule has 1 unspecified atom stereocenters. The first-order chi connectivity index (χ1) is 9.60. The van der Waals surface area contributed by atoms with Crippen molar-refractivity contribution in [3.8, 4) is 6.07 Å². The van der Waals surface area contributed by atoms with Crippen molar-refractivity contribution in [2.75, 3.05) is 11.9 Å². The summed E-state index contributed by atoms with van der Waals surface area (Å²) in [4.78, 5) is 0. The summed E-state index contributed by atoms with van der Waals surface area (Å²) in [5, 5.41) is 21.8. The number of anilines is 1. The van der Waals surface area contributed by atoms with Gasteiger partial charge in [0.05, 0.1) is 22.2 Å². The minimum absolute atomic E-state index is 0.296. The number of halogens is 2. The largest absolute Gasteiger partial charge is 0.387 e. The molecule has 102 valence electrons. The zero-order chi connectivity index (χ0) is 14.5. The highest BCUT2D eigenvalue weighted by Crippen LogP contribution is 2.21. The zero-order valence-electron chi connectivity index (χ0n) is 10.5. The average Bonchev–Trinajstić information content (AvgIpc) is 2.48. The molecule has 0 aromatic heterocycles. The number of benzene rings is 2. The summed E-state index contributed by atoms with van der Waals surface area (Å²) >= 11 is 3.11. The van der Waals surface area contributed by atoms with Gasteiger partial charge in [0.2, 0.25) is 0 Å². The first-order valence-corrected chi connectivity index (χ1v) is 6.76. The van der Waals surface area contributed by atoms with Crippen LogP contribution in [0.2, 0.25) is 0 Å². The molecule has 0 aliphatic rings. The van der Waals surface area contributed by atoms with Crippen LogP contribution in [0.1, 0.15) is 17.2 Å². The fourth-order valence-electron chi connectivity index (χ4n) is 1.72. The second-order valence-corrected chi connectivity index (χ2v) is 5.11. The lowest BCUT2D eigenvalue weighted by Gasteiger charge is -2.13. The minimum atomic E-state index is -0.702. The number of aliphatic hydroxyl groups is 1. The van der Waals surface area contributed by atoms with E-state index in [2.05, 4.69) is 21.2 Å². The molecule has 5 heteroatoms. The predicted octanol–water partition coefficient (Wildman–Crippen LogP) is 3.61. The van der Waals surface area contributed by atoms with Gasteiger partial charge in [-0.2, -0.15) is 5.26 Å². The van der Waals surface area contributed by atoms with Crippen molar-refractivity contribution in [2.45, 2.75) is 6.10 Å². The van der Waals surface area contributed by atoms with Crippen LogP contribution < -0.4 is 5.32 Å². The van der Waals surface area contributed by atoms with Crippen LogP contribution in [-0.4, -0.2) is 11.7 Å². The quantitative estimate of drug-likeness (QED) is 0.898. The highest BCUT2D eigenvalue weighted by atomic mass is 79.9. The Morgan fingerprint density at radius 3 is 2.55 bits per heavy atom. The number of rotatable bonds is 4. The SMILES string of the molecule is N#Cc1ccc(C(O)CNc2ccc(F)c(Br)c2)cc1. The van der Waals surface area contributed by atoms with E-state index in [1.54, 1.807) is 36.4 Å². The maximum absolute atomic E-state index is 13.1. The van der Waals surface area contributed by atoms with Crippen molar-refractivity contribution < 1.29 is 9.50 Å². The molecule has 3 nitrogen and oxygen atoms in total. The standard InChI is InChI=1S/C15H12BrFN2O/c16-13-7-12(5-6-14(13)17)19-9-15(20)11-3-1-10(8-18)2-4-11/h1-7,15,19-20H,9H2. The van der Waals surface area contributed by atoms with Gasteiger partial charge in [-0.15, -0.1) is 0 Å². The second-order valence-electron chi connectivity index (χ2n) is 4.26. The van der Waals surface area contributed by atoms with E-state index >= 15 is 0 Å². The highest BCUT2D eigenvalue weighted by molar-refractivity contribution is 9.10. The number of nitrogens with zero attached hydrogens (tertiary/aromatic N) is 1. The van der Waals surface area contributed by atoms with Crippen LogP contribution in [0, 0.1) is 17.1 Å². The molecule has 0 bridgehead atoms. The van der Waals surface area contributed by atoms with Gasteiger partial charge in [0.1, 0.15) is 5.82 Å². The molecular weight excluding hydrogens is 323 g/mol. The lowest BCUT2D eigenvalue weighted by Crippen LogP contribution is -2.12. The Hall–Kier alpha value is -1.90. The molecule has 20 heavy (non-hydrogen) atoms. The van der Waals surface area contributed by atoms with Gasteiger partial charge in [-0.1, -0.05) is 12.1 Å². The summed E-state index contributed by atoms with van der Waals surface area (Å²) in [6.07, 6.45) is -0.702. The first kappa shape index (κ1) is 14.5. The summed E-state index contributed by atoms with van der Waals surface area (Å²) in [6.45, 7) is 0.296. The topological polar surface area (TPSA) is 56.0 Å². The Labute approximate surface area is 124 Å². The lowest BCUT2D eigenvalue weighted by atomic mass is 10.1. The van der Waals surface area contributed by atoms with Crippen LogP contribution in [0.4, 0.5) is 10.1 Å². The number of nitrogens with one attached hydrogen (secondary N) is 1. The summed E-state index contributed by atoms with van der Waals surface area (Å²) in [7, 11) is 0. The van der Waals surface area contributed by atoms with Crippen LogP contribution in [0.5, 0.6) is 0 Å². The van der Waals surface area contributed by atoms with Crippen LogP contribution in [0.3, 0.4) is 0 Å². The number of aliphatic hydroxyl groups excluding tert-OH is 1. The van der Waals surface area contributed by atoms with E-state index in [9.17, 15) is 9.50 Å². The van der Waals surface area contributed by atoms with Crippen LogP contribution in [0.15, 0.2) is 46.9 Å². The molecule has 0 spiro atoms. The Balaban J connectivity index is 1.99. The summed E-state index contributed by atoms with van der Waals surface area (Å²) in [6, 6.07) is 13.3. The van der Waals surface area contributed by atoms with E-state index in [1.165, 1.54) is 6.07 Å². The van der Waals surface area contributed by atoms with Gasteiger partial charge in [-0.3, -0.25) is 0 Å². The van der Waals surface area contributed by atoms with Gasteiger partial charge in [0.15, 0.2) is 0 Å². The molecule has 2 aromatic rings. The van der Waals surface area contributed by atoms with Crippen molar-refractivity contribution in [3.05, 3.63) is 63.9 Å². The number of hydrogen-bond acceptors (Lipinski definition) is 3. The number of hydrogen-bond donors (Lipinski definition) is 2. The molecule has 1 atom stereocenters. The molecule has 0 amide bonds. The van der Waals surface area contributed by atoms with Gasteiger partial charge in [0.25, 0.3) is 0 Å². The minimum Gasteiger partial charge on any atom is -0.387 e. The molecule has 2 rings (SSSR count). The van der Waals surface area contributed by atoms with E-state index in [0.29, 0.717) is 22.3 Å². The summed E-state index contributed by atoms with van der Waals surface area (Å²) in [5.41, 5.74) is 1.99. The van der Waals surface area contributed by atoms with E-state index < -0.39 is 6.10 Å². The zero-order valence-corrected chi connectivity index (χ0v) is 12.1. The monoisotopic (exact) mass is 334 g/mol. The molecular formula is C15H12BrFN2O. The Kier molecular flexibility index (Phi) is 4.72. The van der Waals surface area contributed by atoms with Crippen LogP contribution in [0.25, 0.3) is 0 Å². The molecule has 0 aliphatic carbocycles. The van der Waals surface area contributed by atoms with E-state index in [0.717, 1.165) is 5.56 Å². The lowest BCUT2D eigenvalue weighted by molar-refractivity contribution is 0.191. The molecule has 2 N–H and O–H groups in total. The smallest absolute Gasteiger partial charge is 0.137 e. The fourth-order valence-corrected chi connectivity index (χ4v) is 2.10. The Morgan fingerprint density at radius 2 is 1.95 bits per heavy atom. The van der Waals surface area contributed by atoms with Gasteiger partial charge in [0, 0.05) is 12.2 Å². The maximum Gasteiger partial charge on any atom is 0.137 e. The molecule has 0 aliphatic heterocycles. The van der Waals surface area contributed by atoms with Gasteiger partial charge >= 0.3 is 0 Å². The van der Waals surface area contributed by atoms with Crippen LogP contribution >= 0.6 is 15.9 Å². The second kappa shape index (κ2) is 6.51. The Morgan fingerprint density at radius 1 is 1.25 bits per heavy atom. The fraction of sp³-hybridized carbons (Fsp3) is 0.133. The van der Waals surface area contributed by atoms with E-state index in [4.69, 9.17) is 5.26 Å². The highest BCUT2D eigenvalue weighted by Gasteiger charge is 2.08. The molecule has 0 radical (unpaired) electrons. The predicted molar refractivity (Wildman–Crippen MR) is 78.7 cm³/mol. The third-order valence-corrected chi connectivity index (χ3v) is 3.45. The van der Waals surface area contributed by atoms with E-state index in [1.807, 2.05) is 6.07 Å². The normalized spacial score (nSPS) is 11.7. The average molecular weight is 335 g/mol. The third-order valence-electron chi connectivity index (χ3n) is 2.84. The van der Waals surface area contributed by atoms with Crippen molar-refractivity contribution >= 4 is 21.6 Å². The third kappa shape index (κ3) is 3.56. The van der Waals surface area contributed by atoms with Gasteiger partial charge in [-0.05, 0) is 51.8 Å². The maximum atomic E-state index is 13.1. The molecule has 0 saturated heterocycles. The van der Waals surface area contributed by atoms with Crippen molar-refractivity contribution in [1.29, 1.82) is 5.26 Å². The van der Waals surface area contributed by atoms with Crippen molar-refractivity contribution in [2.24, 2.45) is 0 Å². The summed E-state index contributed by atoms with van der Waals surface area (Å²) < 4.78 is 13.5. The number of nitriles is 1. The Bertz CT molecular complexity index is 637. The molecule has 0 saturated carbocycles. The van der Waals surface area contributed by atoms with Gasteiger partial charge < -0.3 is 10.4 Å². The van der Waals surface area contributed by atoms with E-state index in [-0.39, 0.29) is 5.82 Å². The molecule has 0 heterocycles. The molecule has 0 fully saturated rings. The van der Waals surface area contributed by atoms with Crippen molar-refractivity contribution in [3.63, 3.8) is 0 Å². The van der Waals surface area contributed by atoms with Gasteiger partial charge in [-0.25, -0.2) is 4.39 Å². The van der Waals surface area contributed by atoms with Crippen molar-refractivity contribution in [1.82, 2.24) is 0 Å². The first-order valence-electron chi connectivity index (χ1n) is 5.97. The summed E-state index contributed by atoms with van der Waals surface area (Å²) in [5.74, 6) is -0.330.